The molecule has 1 heterocycles. The lowest BCUT2D eigenvalue weighted by Crippen LogP contribution is -2.57. The van der Waals surface area contributed by atoms with Gasteiger partial charge in [0.05, 0.1) is 4.90 Å². The molecule has 1 fully saturated rings. The number of rotatable bonds is 3. The number of piperazine rings is 1. The average molecular weight is 325 g/mol. The van der Waals surface area contributed by atoms with Crippen molar-refractivity contribution >= 4 is 15.9 Å². The zero-order valence-corrected chi connectivity index (χ0v) is 14.2. The van der Waals surface area contributed by atoms with E-state index in [1.807, 2.05) is 13.8 Å². The van der Waals surface area contributed by atoms with Gasteiger partial charge in [-0.3, -0.25) is 4.79 Å². The van der Waals surface area contributed by atoms with Gasteiger partial charge in [0.25, 0.3) is 5.91 Å². The molecule has 0 aliphatic carbocycles. The van der Waals surface area contributed by atoms with Gasteiger partial charge in [-0.15, -0.1) is 0 Å². The summed E-state index contributed by atoms with van der Waals surface area (Å²) in [5, 5.41) is 3.27. The van der Waals surface area contributed by atoms with Crippen molar-refractivity contribution in [3.63, 3.8) is 0 Å². The van der Waals surface area contributed by atoms with E-state index in [0.717, 1.165) is 0 Å². The highest BCUT2D eigenvalue weighted by Gasteiger charge is 2.34. The molecule has 6 nitrogen and oxygen atoms in total. The van der Waals surface area contributed by atoms with E-state index in [1.54, 1.807) is 26.2 Å². The van der Waals surface area contributed by atoms with Crippen molar-refractivity contribution in [3.05, 3.63) is 29.8 Å². The molecule has 1 aliphatic heterocycles. The van der Waals surface area contributed by atoms with Crippen LogP contribution in [-0.4, -0.2) is 62.8 Å². The van der Waals surface area contributed by atoms with Crippen molar-refractivity contribution in [2.24, 2.45) is 0 Å². The van der Waals surface area contributed by atoms with Gasteiger partial charge < -0.3 is 10.2 Å². The molecule has 7 heteroatoms. The van der Waals surface area contributed by atoms with E-state index in [9.17, 15) is 13.2 Å². The number of hydrogen-bond donors (Lipinski definition) is 1. The molecule has 22 heavy (non-hydrogen) atoms. The average Bonchev–Trinajstić information content (AvgIpc) is 2.49. The largest absolute Gasteiger partial charge is 0.345 e. The number of nitrogens with one attached hydrogen (secondary N) is 1. The maximum atomic E-state index is 12.8. The Kier molecular flexibility index (Phi) is 4.89. The molecule has 0 spiro atoms. The van der Waals surface area contributed by atoms with Gasteiger partial charge in [-0.05, 0) is 38.1 Å². The normalized spacial score (nSPS) is 23.3. The Morgan fingerprint density at radius 2 is 1.82 bits per heavy atom. The molecule has 0 bridgehead atoms. The number of benzene rings is 1. The zero-order valence-electron chi connectivity index (χ0n) is 13.4. The number of carbonyl (C=O) groups excluding carboxylic acids is 1. The molecule has 1 saturated heterocycles. The summed E-state index contributed by atoms with van der Waals surface area (Å²) in [4.78, 5) is 13.5. The Balaban J connectivity index is 2.28. The highest BCUT2D eigenvalue weighted by Crippen LogP contribution is 2.22. The first kappa shape index (κ1) is 16.9. The summed E-state index contributed by atoms with van der Waals surface area (Å²) in [6, 6.07) is 6.13. The fraction of sp³-hybridized carbons (Fsp3) is 0.533. The van der Waals surface area contributed by atoms with E-state index in [2.05, 4.69) is 5.32 Å². The van der Waals surface area contributed by atoms with Crippen LogP contribution in [0.4, 0.5) is 0 Å². The highest BCUT2D eigenvalue weighted by atomic mass is 32.2. The second kappa shape index (κ2) is 6.36. The molecule has 2 atom stereocenters. The molecule has 2 unspecified atom stereocenters. The Bertz CT molecular complexity index is 641. The van der Waals surface area contributed by atoms with Crippen LogP contribution >= 0.6 is 0 Å². The van der Waals surface area contributed by atoms with E-state index in [0.29, 0.717) is 18.7 Å². The number of nitrogens with zero attached hydrogens (tertiary/aromatic N) is 2. The summed E-state index contributed by atoms with van der Waals surface area (Å²) in [6.07, 6.45) is 0. The third-order valence-corrected chi connectivity index (χ3v) is 6.09. The van der Waals surface area contributed by atoms with Gasteiger partial charge in [-0.1, -0.05) is 0 Å². The number of carbonyl (C=O) groups is 1. The van der Waals surface area contributed by atoms with Gasteiger partial charge in [0, 0.05) is 44.8 Å². The fourth-order valence-corrected chi connectivity index (χ4v) is 4.23. The van der Waals surface area contributed by atoms with Gasteiger partial charge in [-0.25, -0.2) is 8.42 Å². The smallest absolute Gasteiger partial charge is 0.253 e. The third-order valence-electron chi connectivity index (χ3n) is 4.09. The fourth-order valence-electron chi connectivity index (χ4n) is 2.53. The van der Waals surface area contributed by atoms with E-state index < -0.39 is 10.0 Å². The van der Waals surface area contributed by atoms with E-state index in [4.69, 9.17) is 0 Å². The van der Waals surface area contributed by atoms with Crippen molar-refractivity contribution in [2.75, 3.05) is 27.2 Å². The number of sulfonamides is 1. The summed E-state index contributed by atoms with van der Waals surface area (Å²) in [6.45, 7) is 4.97. The molecule has 1 aromatic carbocycles. The molecular formula is C15H23N3O3S. The first-order chi connectivity index (χ1) is 10.2. The second-order valence-electron chi connectivity index (χ2n) is 5.82. The van der Waals surface area contributed by atoms with Crippen LogP contribution in [0.5, 0.6) is 0 Å². The second-order valence-corrected chi connectivity index (χ2v) is 7.71. The Morgan fingerprint density at radius 1 is 1.23 bits per heavy atom. The zero-order chi connectivity index (χ0) is 16.5. The molecule has 0 aromatic heterocycles. The van der Waals surface area contributed by atoms with Crippen molar-refractivity contribution in [3.8, 4) is 0 Å². The van der Waals surface area contributed by atoms with Gasteiger partial charge in [0.1, 0.15) is 0 Å². The van der Waals surface area contributed by atoms with Crippen LogP contribution in [0, 0.1) is 0 Å². The van der Waals surface area contributed by atoms with E-state index in [-0.39, 0.29) is 22.9 Å². The monoisotopic (exact) mass is 325 g/mol. The van der Waals surface area contributed by atoms with E-state index in [1.165, 1.54) is 21.3 Å². The lowest BCUT2D eigenvalue weighted by Gasteiger charge is -2.37. The van der Waals surface area contributed by atoms with Gasteiger partial charge in [-0.2, -0.15) is 4.31 Å². The van der Waals surface area contributed by atoms with Crippen LogP contribution < -0.4 is 5.32 Å². The first-order valence-electron chi connectivity index (χ1n) is 7.32. The molecule has 0 radical (unpaired) electrons. The molecular weight excluding hydrogens is 302 g/mol. The minimum Gasteiger partial charge on any atom is -0.345 e. The maximum absolute atomic E-state index is 12.8. The summed E-state index contributed by atoms with van der Waals surface area (Å²) in [5.41, 5.74) is 0.477. The number of amides is 1. The molecule has 0 saturated carbocycles. The Hall–Kier alpha value is -1.44. The van der Waals surface area contributed by atoms with Crippen LogP contribution in [0.25, 0.3) is 0 Å². The van der Waals surface area contributed by atoms with Gasteiger partial charge in [0.15, 0.2) is 0 Å². The van der Waals surface area contributed by atoms with Crippen LogP contribution in [0.15, 0.2) is 29.2 Å². The summed E-state index contributed by atoms with van der Waals surface area (Å²) in [7, 11) is -0.211. The predicted molar refractivity (Wildman–Crippen MR) is 85.3 cm³/mol. The third kappa shape index (κ3) is 3.16. The number of hydrogen-bond acceptors (Lipinski definition) is 4. The standard InChI is InChI=1S/C15H23N3O3S/c1-11-12(2)18(10-9-16-11)22(20,21)14-7-5-13(6-8-14)15(19)17(3)4/h5-8,11-12,16H,9-10H2,1-4H3. The molecule has 1 amide bonds. The van der Waals surface area contributed by atoms with Crippen LogP contribution in [-0.2, 0) is 10.0 Å². The van der Waals surface area contributed by atoms with Crippen molar-refractivity contribution in [2.45, 2.75) is 30.8 Å². The Labute approximate surface area is 132 Å². The molecule has 2 rings (SSSR count). The van der Waals surface area contributed by atoms with Crippen LogP contribution in [0.2, 0.25) is 0 Å². The lowest BCUT2D eigenvalue weighted by molar-refractivity contribution is 0.0827. The highest BCUT2D eigenvalue weighted by molar-refractivity contribution is 7.89. The quantitative estimate of drug-likeness (QED) is 0.891. The summed E-state index contributed by atoms with van der Waals surface area (Å²) in [5.74, 6) is -0.145. The maximum Gasteiger partial charge on any atom is 0.253 e. The first-order valence-corrected chi connectivity index (χ1v) is 8.76. The van der Waals surface area contributed by atoms with Crippen molar-refractivity contribution in [1.82, 2.24) is 14.5 Å². The minimum absolute atomic E-state index is 0.109. The lowest BCUT2D eigenvalue weighted by atomic mass is 10.1. The molecule has 1 N–H and O–H groups in total. The van der Waals surface area contributed by atoms with Gasteiger partial charge >= 0.3 is 0 Å². The van der Waals surface area contributed by atoms with E-state index >= 15 is 0 Å². The van der Waals surface area contributed by atoms with Crippen LogP contribution in [0.1, 0.15) is 24.2 Å². The topological polar surface area (TPSA) is 69.7 Å². The van der Waals surface area contributed by atoms with Crippen LogP contribution in [0.3, 0.4) is 0 Å². The SMILES string of the molecule is CC1NCCN(S(=O)(=O)c2ccc(C(=O)N(C)C)cc2)C1C. The summed E-state index contributed by atoms with van der Waals surface area (Å²) >= 11 is 0. The van der Waals surface area contributed by atoms with Crippen molar-refractivity contribution in [1.29, 1.82) is 0 Å². The van der Waals surface area contributed by atoms with Crippen molar-refractivity contribution < 1.29 is 13.2 Å². The molecule has 122 valence electrons. The minimum atomic E-state index is -3.54. The predicted octanol–water partition coefficient (Wildman–Crippen LogP) is 0.759. The Morgan fingerprint density at radius 3 is 2.36 bits per heavy atom. The molecule has 1 aliphatic rings. The van der Waals surface area contributed by atoms with Gasteiger partial charge in [0.2, 0.25) is 10.0 Å². The molecule has 1 aromatic rings. The summed E-state index contributed by atoms with van der Waals surface area (Å²) < 4.78 is 27.0.